The molecule has 1 aliphatic heterocycles. The highest BCUT2D eigenvalue weighted by Gasteiger charge is 2.39. The fourth-order valence-electron chi connectivity index (χ4n) is 7.57. The van der Waals surface area contributed by atoms with E-state index in [0.717, 1.165) is 63.7 Å². The summed E-state index contributed by atoms with van der Waals surface area (Å²) in [6, 6.07) is 48.9. The summed E-state index contributed by atoms with van der Waals surface area (Å²) in [5, 5.41) is 14.4. The SMILES string of the molecule is O=C(Nc1cccc(-c2nn(C3CCCCO3)c3ccc(-c4ncn(C(c5ccccc5)(c5ccccc5)c5ccccc5)n4)cc23)c1)c1cccnc1. The van der Waals surface area contributed by atoms with Crippen molar-refractivity contribution in [3.63, 3.8) is 0 Å². The Morgan fingerprint density at radius 2 is 1.44 bits per heavy atom. The average Bonchev–Trinajstić information content (AvgIpc) is 3.89. The molecule has 0 radical (unpaired) electrons. The Morgan fingerprint density at radius 3 is 2.09 bits per heavy atom. The van der Waals surface area contributed by atoms with E-state index in [0.29, 0.717) is 23.7 Å². The first-order valence-electron chi connectivity index (χ1n) is 18.2. The van der Waals surface area contributed by atoms with Crippen LogP contribution in [0.3, 0.4) is 0 Å². The van der Waals surface area contributed by atoms with Gasteiger partial charge in [-0.25, -0.2) is 14.3 Å². The van der Waals surface area contributed by atoms with Crippen molar-refractivity contribution in [2.24, 2.45) is 0 Å². The van der Waals surface area contributed by atoms with Gasteiger partial charge in [-0.1, -0.05) is 103 Å². The van der Waals surface area contributed by atoms with Crippen molar-refractivity contribution in [1.29, 1.82) is 0 Å². The molecule has 1 saturated heterocycles. The van der Waals surface area contributed by atoms with Crippen LogP contribution in [0.25, 0.3) is 33.5 Å². The number of anilines is 1. The van der Waals surface area contributed by atoms with Crippen LogP contribution in [0, 0.1) is 0 Å². The second-order valence-electron chi connectivity index (χ2n) is 13.4. The van der Waals surface area contributed by atoms with Gasteiger partial charge in [0.25, 0.3) is 5.91 Å². The molecule has 9 heteroatoms. The van der Waals surface area contributed by atoms with E-state index in [9.17, 15) is 4.79 Å². The smallest absolute Gasteiger partial charge is 0.257 e. The molecule has 1 unspecified atom stereocenters. The normalized spacial score (nSPS) is 14.6. The number of carbonyl (C=O) groups excluding carboxylic acids is 1. The van der Waals surface area contributed by atoms with Crippen molar-refractivity contribution in [2.75, 3.05) is 11.9 Å². The number of amides is 1. The Labute approximate surface area is 312 Å². The molecule has 3 aromatic heterocycles. The van der Waals surface area contributed by atoms with Crippen LogP contribution in [-0.4, -0.2) is 42.0 Å². The minimum Gasteiger partial charge on any atom is -0.356 e. The van der Waals surface area contributed by atoms with Gasteiger partial charge in [-0.05, 0) is 78.4 Å². The van der Waals surface area contributed by atoms with Crippen LogP contribution < -0.4 is 5.32 Å². The zero-order chi connectivity index (χ0) is 36.3. The number of rotatable bonds is 9. The first-order chi connectivity index (χ1) is 26.7. The lowest BCUT2D eigenvalue weighted by molar-refractivity contribution is -0.0365. The van der Waals surface area contributed by atoms with E-state index < -0.39 is 5.54 Å². The molecule has 0 aliphatic carbocycles. The van der Waals surface area contributed by atoms with E-state index in [1.165, 1.54) is 0 Å². The van der Waals surface area contributed by atoms with Gasteiger partial charge in [-0.2, -0.15) is 5.10 Å². The molecule has 54 heavy (non-hydrogen) atoms. The topological polar surface area (TPSA) is 99.8 Å². The number of nitrogens with one attached hydrogen (secondary N) is 1. The number of hydrogen-bond acceptors (Lipinski definition) is 6. The number of nitrogens with zero attached hydrogens (tertiary/aromatic N) is 6. The number of carbonyl (C=O) groups is 1. The lowest BCUT2D eigenvalue weighted by Crippen LogP contribution is -2.38. The van der Waals surface area contributed by atoms with E-state index in [4.69, 9.17) is 19.9 Å². The Kier molecular flexibility index (Phi) is 8.82. The summed E-state index contributed by atoms with van der Waals surface area (Å²) < 4.78 is 10.2. The van der Waals surface area contributed by atoms with Gasteiger partial charge in [0.1, 0.15) is 17.6 Å². The van der Waals surface area contributed by atoms with Gasteiger partial charge in [0, 0.05) is 41.2 Å². The lowest BCUT2D eigenvalue weighted by atomic mass is 9.77. The molecule has 1 amide bonds. The van der Waals surface area contributed by atoms with Gasteiger partial charge in [-0.3, -0.25) is 9.78 Å². The van der Waals surface area contributed by atoms with E-state index in [2.05, 4.69) is 101 Å². The molecular weight excluding hydrogens is 671 g/mol. The van der Waals surface area contributed by atoms with Gasteiger partial charge in [0.2, 0.25) is 0 Å². The third-order valence-electron chi connectivity index (χ3n) is 10.1. The number of aromatic nitrogens is 6. The Bertz CT molecular complexity index is 2430. The van der Waals surface area contributed by atoms with Gasteiger partial charge < -0.3 is 10.1 Å². The van der Waals surface area contributed by atoms with E-state index in [-0.39, 0.29) is 12.1 Å². The highest BCUT2D eigenvalue weighted by atomic mass is 16.5. The summed E-state index contributed by atoms with van der Waals surface area (Å²) in [7, 11) is 0. The molecular formula is C45H37N7O2. The molecule has 1 atom stereocenters. The largest absolute Gasteiger partial charge is 0.356 e. The summed E-state index contributed by atoms with van der Waals surface area (Å²) >= 11 is 0. The highest BCUT2D eigenvalue weighted by Crippen LogP contribution is 2.41. The zero-order valence-corrected chi connectivity index (χ0v) is 29.5. The first-order valence-corrected chi connectivity index (χ1v) is 18.2. The minimum atomic E-state index is -0.784. The second kappa shape index (κ2) is 14.4. The summed E-state index contributed by atoms with van der Waals surface area (Å²) in [5.41, 5.74) is 7.03. The van der Waals surface area contributed by atoms with Crippen LogP contribution in [0.2, 0.25) is 0 Å². The summed E-state index contributed by atoms with van der Waals surface area (Å²) in [6.45, 7) is 0.697. The molecule has 8 aromatic rings. The van der Waals surface area contributed by atoms with Crippen molar-refractivity contribution in [1.82, 2.24) is 29.5 Å². The van der Waals surface area contributed by atoms with Gasteiger partial charge in [-0.15, -0.1) is 5.10 Å². The predicted octanol–water partition coefficient (Wildman–Crippen LogP) is 9.15. The Hall–Kier alpha value is -6.71. The average molecular weight is 708 g/mol. The molecule has 9 nitrogen and oxygen atoms in total. The van der Waals surface area contributed by atoms with E-state index in [1.807, 2.05) is 58.2 Å². The maximum atomic E-state index is 13.0. The quantitative estimate of drug-likeness (QED) is 0.150. The predicted molar refractivity (Wildman–Crippen MR) is 210 cm³/mol. The highest BCUT2D eigenvalue weighted by molar-refractivity contribution is 6.04. The molecule has 0 bridgehead atoms. The van der Waals surface area contributed by atoms with Crippen LogP contribution in [-0.2, 0) is 10.3 Å². The van der Waals surface area contributed by atoms with Gasteiger partial charge in [0.15, 0.2) is 12.1 Å². The number of hydrogen-bond donors (Lipinski definition) is 1. The monoisotopic (exact) mass is 707 g/mol. The maximum absolute atomic E-state index is 13.0. The molecule has 0 spiro atoms. The van der Waals surface area contributed by atoms with Crippen molar-refractivity contribution in [3.05, 3.63) is 187 Å². The molecule has 1 aliphatic rings. The van der Waals surface area contributed by atoms with Gasteiger partial charge in [0.05, 0.1) is 11.1 Å². The maximum Gasteiger partial charge on any atom is 0.257 e. The molecule has 0 saturated carbocycles. The fraction of sp³-hybridized carbons (Fsp3) is 0.133. The van der Waals surface area contributed by atoms with Crippen LogP contribution in [0.1, 0.15) is 52.5 Å². The van der Waals surface area contributed by atoms with Crippen LogP contribution in [0.4, 0.5) is 5.69 Å². The van der Waals surface area contributed by atoms with E-state index >= 15 is 0 Å². The standard InChI is InChI=1S/C45H37N7O2/c53-44(34-15-13-26-46-30-34)48-38-22-12-14-32(28-38)42-39-29-33(24-25-40(39)52(49-42)41-23-10-11-27-54-41)43-47-31-51(50-43)45(35-16-4-1-5-17-35,36-18-6-2-7-19-36)37-20-8-3-9-21-37/h1-9,12-22,24-26,28-31,41H,10-11,23,27H2,(H,48,53). The number of benzene rings is 5. The van der Waals surface area contributed by atoms with E-state index in [1.54, 1.807) is 24.5 Å². The molecule has 4 heterocycles. The summed E-state index contributed by atoms with van der Waals surface area (Å²) in [5.74, 6) is 0.363. The number of fused-ring (bicyclic) bond motifs is 1. The number of ether oxygens (including phenoxy) is 1. The third kappa shape index (κ3) is 6.04. The number of pyridine rings is 1. The zero-order valence-electron chi connectivity index (χ0n) is 29.5. The molecule has 264 valence electrons. The third-order valence-corrected chi connectivity index (χ3v) is 10.1. The fourth-order valence-corrected chi connectivity index (χ4v) is 7.57. The van der Waals surface area contributed by atoms with Crippen LogP contribution in [0.15, 0.2) is 164 Å². The van der Waals surface area contributed by atoms with Crippen LogP contribution in [0.5, 0.6) is 0 Å². The van der Waals surface area contributed by atoms with Crippen molar-refractivity contribution in [2.45, 2.75) is 31.0 Å². The first kappa shape index (κ1) is 33.1. The molecule has 1 N–H and O–H groups in total. The van der Waals surface area contributed by atoms with Crippen molar-refractivity contribution in [3.8, 4) is 22.6 Å². The summed E-state index contributed by atoms with van der Waals surface area (Å²) in [4.78, 5) is 22.1. The van der Waals surface area contributed by atoms with Gasteiger partial charge >= 0.3 is 0 Å². The second-order valence-corrected chi connectivity index (χ2v) is 13.4. The van der Waals surface area contributed by atoms with Crippen molar-refractivity contribution >= 4 is 22.5 Å². The van der Waals surface area contributed by atoms with Crippen molar-refractivity contribution < 1.29 is 9.53 Å². The summed E-state index contributed by atoms with van der Waals surface area (Å²) in [6.07, 6.45) is 7.86. The lowest BCUT2D eigenvalue weighted by Gasteiger charge is -2.35. The Morgan fingerprint density at radius 1 is 0.722 bits per heavy atom. The molecule has 1 fully saturated rings. The Balaban J connectivity index is 1.17. The van der Waals surface area contributed by atoms with Crippen LogP contribution >= 0.6 is 0 Å². The molecule has 9 rings (SSSR count). The molecule has 5 aromatic carbocycles. The minimum absolute atomic E-state index is 0.171.